The number of pyridine rings is 1. The van der Waals surface area contributed by atoms with Gasteiger partial charge in [-0.25, -0.2) is 23.5 Å². The lowest BCUT2D eigenvalue weighted by Gasteiger charge is -2.30. The van der Waals surface area contributed by atoms with Crippen molar-refractivity contribution in [2.75, 3.05) is 13.2 Å². The van der Waals surface area contributed by atoms with E-state index in [4.69, 9.17) is 44.3 Å². The Morgan fingerprint density at radius 1 is 1.15 bits per heavy atom. The van der Waals surface area contributed by atoms with Gasteiger partial charge in [0, 0.05) is 30.3 Å². The topological polar surface area (TPSA) is 89.7 Å². The van der Waals surface area contributed by atoms with Crippen LogP contribution < -0.4 is 4.74 Å². The van der Waals surface area contributed by atoms with Gasteiger partial charge in [0.05, 0.1) is 41.0 Å². The average molecular weight is 624 g/mol. The van der Waals surface area contributed by atoms with Crippen molar-refractivity contribution in [3.8, 4) is 5.88 Å². The molecule has 214 valence electrons. The molecule has 0 saturated carbocycles. The summed E-state index contributed by atoms with van der Waals surface area (Å²) in [6, 6.07) is 7.14. The number of carboxylic acid groups (broad SMARTS) is 1. The van der Waals surface area contributed by atoms with Crippen molar-refractivity contribution in [1.82, 2.24) is 19.4 Å². The van der Waals surface area contributed by atoms with Crippen LogP contribution in [0.25, 0.3) is 11.0 Å². The molecule has 1 N–H and O–H groups in total. The van der Waals surface area contributed by atoms with E-state index in [-0.39, 0.29) is 39.7 Å². The number of fused-ring (bicyclic) bond motifs is 2. The molecule has 0 spiro atoms. The van der Waals surface area contributed by atoms with Gasteiger partial charge in [0.2, 0.25) is 5.88 Å². The molecule has 0 unspecified atom stereocenters. The van der Waals surface area contributed by atoms with Crippen LogP contribution in [0.1, 0.15) is 39.4 Å². The molecule has 1 saturated heterocycles. The molecule has 2 aromatic heterocycles. The summed E-state index contributed by atoms with van der Waals surface area (Å²) in [6.45, 7) is 2.29. The molecule has 2 aliphatic rings. The number of aromatic nitrogens is 3. The van der Waals surface area contributed by atoms with Gasteiger partial charge < -0.3 is 19.1 Å². The van der Waals surface area contributed by atoms with Gasteiger partial charge in [-0.15, -0.1) is 0 Å². The third-order valence-corrected chi connectivity index (χ3v) is 8.17. The highest BCUT2D eigenvalue weighted by molar-refractivity contribution is 6.35. The Hall–Kier alpha value is -3.02. The van der Waals surface area contributed by atoms with Crippen LogP contribution >= 0.6 is 34.8 Å². The highest BCUT2D eigenvalue weighted by Crippen LogP contribution is 2.32. The van der Waals surface area contributed by atoms with Gasteiger partial charge in [-0.3, -0.25) is 4.90 Å². The zero-order valence-corrected chi connectivity index (χ0v) is 23.7. The molecule has 8 nitrogen and oxygen atoms in total. The summed E-state index contributed by atoms with van der Waals surface area (Å²) in [7, 11) is 0. The fraction of sp³-hybridized carbons (Fsp3) is 0.321. The first-order valence-corrected chi connectivity index (χ1v) is 14.0. The lowest BCUT2D eigenvalue weighted by Crippen LogP contribution is -2.34. The second kappa shape index (κ2) is 11.3. The fourth-order valence-corrected chi connectivity index (χ4v) is 5.85. The maximum atomic E-state index is 15.3. The number of halogens is 5. The van der Waals surface area contributed by atoms with E-state index in [9.17, 15) is 14.3 Å². The number of aromatic carboxylic acids is 1. The number of hydrogen-bond acceptors (Lipinski definition) is 6. The van der Waals surface area contributed by atoms with Crippen molar-refractivity contribution in [3.63, 3.8) is 0 Å². The molecule has 0 radical (unpaired) electrons. The predicted octanol–water partition coefficient (Wildman–Crippen LogP) is 6.29. The summed E-state index contributed by atoms with van der Waals surface area (Å²) in [5.74, 6) is -2.00. The normalized spacial score (nSPS) is 17.0. The van der Waals surface area contributed by atoms with Crippen LogP contribution in [0.15, 0.2) is 30.3 Å². The zero-order chi connectivity index (χ0) is 28.8. The predicted molar refractivity (Wildman–Crippen MR) is 149 cm³/mol. The molecule has 0 aliphatic carbocycles. The number of benzene rings is 2. The number of hydrogen-bond donors (Lipinski definition) is 1. The number of rotatable bonds is 8. The zero-order valence-electron chi connectivity index (χ0n) is 21.5. The molecule has 4 heterocycles. The Morgan fingerprint density at radius 3 is 2.66 bits per heavy atom. The van der Waals surface area contributed by atoms with E-state index in [1.54, 1.807) is 10.6 Å². The lowest BCUT2D eigenvalue weighted by atomic mass is 10.1. The Morgan fingerprint density at radius 2 is 1.95 bits per heavy atom. The molecule has 1 atom stereocenters. The monoisotopic (exact) mass is 622 g/mol. The Balaban J connectivity index is 1.25. The van der Waals surface area contributed by atoms with Crippen LogP contribution in [-0.4, -0.2) is 49.8 Å². The number of ether oxygens (including phenoxy) is 2. The third kappa shape index (κ3) is 5.59. The quantitative estimate of drug-likeness (QED) is 0.247. The molecule has 6 rings (SSSR count). The molecule has 1 fully saturated rings. The number of carboxylic acids is 1. The molecule has 13 heteroatoms. The van der Waals surface area contributed by atoms with Crippen molar-refractivity contribution in [3.05, 3.63) is 85.2 Å². The van der Waals surface area contributed by atoms with E-state index in [1.165, 1.54) is 18.2 Å². The molecule has 0 amide bonds. The molecule has 2 aromatic carbocycles. The van der Waals surface area contributed by atoms with Crippen LogP contribution in [0.3, 0.4) is 0 Å². The smallest absolute Gasteiger partial charge is 0.338 e. The van der Waals surface area contributed by atoms with Crippen LogP contribution in [0, 0.1) is 11.6 Å². The molecular formula is C28H23Cl3F2N4O4. The third-order valence-electron chi connectivity index (χ3n) is 7.34. The number of imidazole rings is 1. The van der Waals surface area contributed by atoms with E-state index in [0.717, 1.165) is 23.7 Å². The first kappa shape index (κ1) is 28.1. The first-order chi connectivity index (χ1) is 19.7. The van der Waals surface area contributed by atoms with Gasteiger partial charge in [-0.05, 0) is 48.7 Å². The minimum absolute atomic E-state index is 0.0939. The SMILES string of the molecule is O=C(O)c1ccc2nc(CN3CCc4cc(Cl)c(OCc5c(F)cc(Cl)cc5Cl)nc4C3)n(C[C@@H]3CCO3)c2c1F. The molecule has 41 heavy (non-hydrogen) atoms. The molecule has 2 aliphatic heterocycles. The second-order valence-corrected chi connectivity index (χ2v) is 11.2. The van der Waals surface area contributed by atoms with E-state index in [0.29, 0.717) is 55.6 Å². The van der Waals surface area contributed by atoms with Gasteiger partial charge in [0.25, 0.3) is 0 Å². The van der Waals surface area contributed by atoms with Crippen molar-refractivity contribution in [1.29, 1.82) is 0 Å². The van der Waals surface area contributed by atoms with E-state index in [1.807, 2.05) is 0 Å². The maximum Gasteiger partial charge on any atom is 0.338 e. The van der Waals surface area contributed by atoms with Crippen molar-refractivity contribution in [2.45, 2.75) is 45.2 Å². The van der Waals surface area contributed by atoms with E-state index < -0.39 is 23.2 Å². The van der Waals surface area contributed by atoms with Crippen LogP contribution in [0.2, 0.25) is 15.1 Å². The standard InChI is InChI=1S/C28H23Cl3F2N4O4/c29-15-8-19(30)18(21(32)9-15)13-41-27-20(31)7-14-3-5-36(11-23(14)35-27)12-24-34-22-2-1-17(28(38)39)25(33)26(22)37(24)10-16-4-6-40-16/h1-2,7-9,16H,3-6,10-13H2,(H,38,39)/t16-/m0/s1. The van der Waals surface area contributed by atoms with Gasteiger partial charge >= 0.3 is 5.97 Å². The molecule has 4 aromatic rings. The summed E-state index contributed by atoms with van der Waals surface area (Å²) < 4.78 is 42.8. The average Bonchev–Trinajstić information content (AvgIpc) is 3.23. The van der Waals surface area contributed by atoms with E-state index >= 15 is 4.39 Å². The Bertz CT molecular complexity index is 1660. The lowest BCUT2D eigenvalue weighted by molar-refractivity contribution is -0.0592. The van der Waals surface area contributed by atoms with E-state index in [2.05, 4.69) is 14.9 Å². The summed E-state index contributed by atoms with van der Waals surface area (Å²) in [4.78, 5) is 23.0. The summed E-state index contributed by atoms with van der Waals surface area (Å²) in [5.41, 5.74) is 1.97. The minimum Gasteiger partial charge on any atom is -0.478 e. The summed E-state index contributed by atoms with van der Waals surface area (Å²) in [5, 5.41) is 10.1. The Labute approximate surface area is 248 Å². The molecule has 0 bridgehead atoms. The highest BCUT2D eigenvalue weighted by Gasteiger charge is 2.28. The number of carbonyl (C=O) groups is 1. The van der Waals surface area contributed by atoms with Crippen molar-refractivity contribution in [2.24, 2.45) is 0 Å². The van der Waals surface area contributed by atoms with Gasteiger partial charge in [-0.1, -0.05) is 34.8 Å². The van der Waals surface area contributed by atoms with Crippen molar-refractivity contribution >= 4 is 51.8 Å². The van der Waals surface area contributed by atoms with Gasteiger partial charge in [-0.2, -0.15) is 0 Å². The molecular weight excluding hydrogens is 601 g/mol. The number of nitrogens with zero attached hydrogens (tertiary/aromatic N) is 4. The van der Waals surface area contributed by atoms with Crippen LogP contribution in [0.4, 0.5) is 8.78 Å². The van der Waals surface area contributed by atoms with Crippen LogP contribution in [-0.2, 0) is 37.4 Å². The largest absolute Gasteiger partial charge is 0.478 e. The summed E-state index contributed by atoms with van der Waals surface area (Å²) in [6.07, 6.45) is 1.39. The first-order valence-electron chi connectivity index (χ1n) is 12.9. The highest BCUT2D eigenvalue weighted by atomic mass is 35.5. The maximum absolute atomic E-state index is 15.3. The minimum atomic E-state index is -1.34. The van der Waals surface area contributed by atoms with Gasteiger partial charge in [0.15, 0.2) is 5.82 Å². The van der Waals surface area contributed by atoms with Crippen molar-refractivity contribution < 1.29 is 28.2 Å². The second-order valence-electron chi connectivity index (χ2n) is 10.00. The summed E-state index contributed by atoms with van der Waals surface area (Å²) >= 11 is 18.4. The van der Waals surface area contributed by atoms with Crippen LogP contribution in [0.5, 0.6) is 5.88 Å². The van der Waals surface area contributed by atoms with Gasteiger partial charge in [0.1, 0.15) is 28.8 Å². The Kier molecular flexibility index (Phi) is 7.78. The fourth-order valence-electron chi connectivity index (χ4n) is 5.10.